The van der Waals surface area contributed by atoms with Crippen molar-refractivity contribution in [2.24, 2.45) is 0 Å². The SMILES string of the molecule is CC(C)c1ccc(C(=O)c2cc(Br)cs2)cc1. The Kier molecular flexibility index (Phi) is 3.79. The van der Waals surface area contributed by atoms with Gasteiger partial charge in [0.15, 0.2) is 0 Å². The minimum absolute atomic E-state index is 0.0935. The Morgan fingerprint density at radius 2 is 1.88 bits per heavy atom. The van der Waals surface area contributed by atoms with Gasteiger partial charge in [-0.25, -0.2) is 0 Å². The van der Waals surface area contributed by atoms with Gasteiger partial charge in [-0.15, -0.1) is 11.3 Å². The Morgan fingerprint density at radius 1 is 1.24 bits per heavy atom. The van der Waals surface area contributed by atoms with Crippen LogP contribution in [0.1, 0.15) is 40.6 Å². The van der Waals surface area contributed by atoms with E-state index in [0.29, 0.717) is 5.92 Å². The molecular formula is C14H13BrOS. The van der Waals surface area contributed by atoms with Crippen LogP contribution in [0.4, 0.5) is 0 Å². The van der Waals surface area contributed by atoms with E-state index in [1.165, 1.54) is 16.9 Å². The van der Waals surface area contributed by atoms with Gasteiger partial charge in [0.1, 0.15) is 0 Å². The summed E-state index contributed by atoms with van der Waals surface area (Å²) in [6.07, 6.45) is 0. The predicted molar refractivity (Wildman–Crippen MR) is 76.0 cm³/mol. The third-order valence-electron chi connectivity index (χ3n) is 2.63. The Balaban J connectivity index is 2.26. The van der Waals surface area contributed by atoms with Gasteiger partial charge in [0.25, 0.3) is 0 Å². The fourth-order valence-corrected chi connectivity index (χ4v) is 2.98. The van der Waals surface area contributed by atoms with Crippen LogP contribution >= 0.6 is 27.3 Å². The van der Waals surface area contributed by atoms with Gasteiger partial charge in [-0.3, -0.25) is 4.79 Å². The quantitative estimate of drug-likeness (QED) is 0.740. The van der Waals surface area contributed by atoms with Crippen molar-refractivity contribution in [3.63, 3.8) is 0 Å². The molecule has 0 amide bonds. The van der Waals surface area contributed by atoms with Crippen molar-refractivity contribution >= 4 is 33.0 Å². The minimum Gasteiger partial charge on any atom is -0.288 e. The summed E-state index contributed by atoms with van der Waals surface area (Å²) >= 11 is 4.83. The highest BCUT2D eigenvalue weighted by Crippen LogP contribution is 2.23. The maximum Gasteiger partial charge on any atom is 0.202 e. The van der Waals surface area contributed by atoms with Gasteiger partial charge in [-0.05, 0) is 33.5 Å². The molecule has 1 aromatic heterocycles. The molecule has 0 atom stereocenters. The zero-order chi connectivity index (χ0) is 12.4. The third kappa shape index (κ3) is 2.85. The summed E-state index contributed by atoms with van der Waals surface area (Å²) in [5.74, 6) is 0.589. The summed E-state index contributed by atoms with van der Waals surface area (Å²) in [4.78, 5) is 12.9. The van der Waals surface area contributed by atoms with E-state index in [9.17, 15) is 4.79 Å². The van der Waals surface area contributed by atoms with Gasteiger partial charge in [0.2, 0.25) is 5.78 Å². The van der Waals surface area contributed by atoms with Crippen LogP contribution in [0.15, 0.2) is 40.2 Å². The van der Waals surface area contributed by atoms with E-state index in [-0.39, 0.29) is 5.78 Å². The number of rotatable bonds is 3. The molecule has 3 heteroatoms. The maximum absolute atomic E-state index is 12.1. The minimum atomic E-state index is 0.0935. The second-order valence-corrected chi connectivity index (χ2v) is 6.06. The molecule has 0 unspecified atom stereocenters. The molecular weight excluding hydrogens is 296 g/mol. The molecule has 0 radical (unpaired) electrons. The van der Waals surface area contributed by atoms with Crippen LogP contribution in [0.25, 0.3) is 0 Å². The van der Waals surface area contributed by atoms with Crippen molar-refractivity contribution in [1.82, 2.24) is 0 Å². The van der Waals surface area contributed by atoms with E-state index < -0.39 is 0 Å². The van der Waals surface area contributed by atoms with Crippen LogP contribution in [0.3, 0.4) is 0 Å². The highest BCUT2D eigenvalue weighted by molar-refractivity contribution is 9.10. The Morgan fingerprint density at radius 3 is 2.35 bits per heavy atom. The summed E-state index contributed by atoms with van der Waals surface area (Å²) in [7, 11) is 0. The molecule has 0 bridgehead atoms. The van der Waals surface area contributed by atoms with Gasteiger partial charge in [0, 0.05) is 15.4 Å². The maximum atomic E-state index is 12.1. The molecule has 0 aliphatic heterocycles. The van der Waals surface area contributed by atoms with Crippen LogP contribution in [0.5, 0.6) is 0 Å². The first kappa shape index (κ1) is 12.5. The van der Waals surface area contributed by atoms with Gasteiger partial charge >= 0.3 is 0 Å². The molecule has 0 spiro atoms. The second-order valence-electron chi connectivity index (χ2n) is 4.24. The molecule has 1 nitrogen and oxygen atoms in total. The molecule has 88 valence electrons. The summed E-state index contributed by atoms with van der Waals surface area (Å²) < 4.78 is 0.963. The highest BCUT2D eigenvalue weighted by Gasteiger charge is 2.11. The van der Waals surface area contributed by atoms with Gasteiger partial charge in [-0.1, -0.05) is 38.1 Å². The zero-order valence-electron chi connectivity index (χ0n) is 9.74. The van der Waals surface area contributed by atoms with E-state index in [4.69, 9.17) is 0 Å². The van der Waals surface area contributed by atoms with Crippen molar-refractivity contribution in [2.75, 3.05) is 0 Å². The third-order valence-corrected chi connectivity index (χ3v) is 4.32. The molecule has 2 aromatic rings. The van der Waals surface area contributed by atoms with Crippen molar-refractivity contribution in [3.8, 4) is 0 Å². The Hall–Kier alpha value is -0.930. The number of carbonyl (C=O) groups is 1. The van der Waals surface area contributed by atoms with E-state index >= 15 is 0 Å². The van der Waals surface area contributed by atoms with Crippen molar-refractivity contribution < 1.29 is 4.79 Å². The predicted octanol–water partition coefficient (Wildman–Crippen LogP) is 4.87. The molecule has 17 heavy (non-hydrogen) atoms. The monoisotopic (exact) mass is 308 g/mol. The summed E-state index contributed by atoms with van der Waals surface area (Å²) in [6, 6.07) is 9.74. The molecule has 0 aliphatic carbocycles. The van der Waals surface area contributed by atoms with Gasteiger partial charge in [0.05, 0.1) is 4.88 Å². The molecule has 0 aliphatic rings. The van der Waals surface area contributed by atoms with E-state index in [1.54, 1.807) is 0 Å². The first-order chi connectivity index (χ1) is 8.08. The van der Waals surface area contributed by atoms with Crippen molar-refractivity contribution in [3.05, 3.63) is 56.2 Å². The fourth-order valence-electron chi connectivity index (χ4n) is 1.59. The highest BCUT2D eigenvalue weighted by atomic mass is 79.9. The van der Waals surface area contributed by atoms with Gasteiger partial charge < -0.3 is 0 Å². The van der Waals surface area contributed by atoms with E-state index in [2.05, 4.69) is 29.8 Å². The average molecular weight is 309 g/mol. The zero-order valence-corrected chi connectivity index (χ0v) is 12.1. The lowest BCUT2D eigenvalue weighted by atomic mass is 10.0. The van der Waals surface area contributed by atoms with Crippen LogP contribution < -0.4 is 0 Å². The average Bonchev–Trinajstić information content (AvgIpc) is 2.75. The lowest BCUT2D eigenvalue weighted by molar-refractivity contribution is 0.104. The molecule has 1 aromatic carbocycles. The normalized spacial score (nSPS) is 10.8. The number of thiophene rings is 1. The van der Waals surface area contributed by atoms with E-state index in [0.717, 1.165) is 14.9 Å². The number of carbonyl (C=O) groups excluding carboxylic acids is 1. The van der Waals surface area contributed by atoms with Gasteiger partial charge in [-0.2, -0.15) is 0 Å². The lowest BCUT2D eigenvalue weighted by Gasteiger charge is -2.05. The van der Waals surface area contributed by atoms with Crippen LogP contribution in [0, 0.1) is 0 Å². The Bertz CT molecular complexity index is 525. The van der Waals surface area contributed by atoms with Crippen LogP contribution in [-0.2, 0) is 0 Å². The Labute approximate surface area is 114 Å². The van der Waals surface area contributed by atoms with Crippen molar-refractivity contribution in [2.45, 2.75) is 19.8 Å². The fraction of sp³-hybridized carbons (Fsp3) is 0.214. The van der Waals surface area contributed by atoms with Crippen LogP contribution in [-0.4, -0.2) is 5.78 Å². The first-order valence-electron chi connectivity index (χ1n) is 5.46. The van der Waals surface area contributed by atoms with E-state index in [1.807, 2.05) is 35.7 Å². The summed E-state index contributed by atoms with van der Waals surface area (Å²) in [5.41, 5.74) is 2.01. The standard InChI is InChI=1S/C14H13BrOS/c1-9(2)10-3-5-11(6-4-10)14(16)13-7-12(15)8-17-13/h3-9H,1-2H3. The second kappa shape index (κ2) is 5.15. The lowest BCUT2D eigenvalue weighted by Crippen LogP contribution is -1.99. The largest absolute Gasteiger partial charge is 0.288 e. The number of benzene rings is 1. The summed E-state index contributed by atoms with van der Waals surface area (Å²) in [6.45, 7) is 4.29. The molecule has 0 saturated heterocycles. The first-order valence-corrected chi connectivity index (χ1v) is 7.14. The molecule has 0 N–H and O–H groups in total. The number of hydrogen-bond acceptors (Lipinski definition) is 2. The van der Waals surface area contributed by atoms with Crippen molar-refractivity contribution in [1.29, 1.82) is 0 Å². The van der Waals surface area contributed by atoms with Crippen LogP contribution in [0.2, 0.25) is 0 Å². The molecule has 2 rings (SSSR count). The molecule has 0 saturated carbocycles. The topological polar surface area (TPSA) is 17.1 Å². The molecule has 0 fully saturated rings. The number of halogens is 1. The summed E-state index contributed by atoms with van der Waals surface area (Å²) in [5, 5.41) is 1.93. The number of ketones is 1. The number of hydrogen-bond donors (Lipinski definition) is 0. The molecule has 1 heterocycles. The smallest absolute Gasteiger partial charge is 0.202 e.